The van der Waals surface area contributed by atoms with Crippen LogP contribution in [0.15, 0.2) is 63.9 Å². The third-order valence-electron chi connectivity index (χ3n) is 4.53. The molecule has 1 aromatic rings. The van der Waals surface area contributed by atoms with Crippen LogP contribution in [0.25, 0.3) is 0 Å². The summed E-state index contributed by atoms with van der Waals surface area (Å²) in [5, 5.41) is 9.83. The molecule has 3 atom stereocenters. The molecule has 0 saturated carbocycles. The van der Waals surface area contributed by atoms with Crippen molar-refractivity contribution >= 4 is 0 Å². The summed E-state index contributed by atoms with van der Waals surface area (Å²) in [6, 6.07) is 0. The largest absolute Gasteiger partial charge is 0.390 e. The van der Waals surface area contributed by atoms with Gasteiger partial charge in [0.15, 0.2) is 0 Å². The Morgan fingerprint density at radius 1 is 1.21 bits per heavy atom. The molecule has 28 heavy (non-hydrogen) atoms. The van der Waals surface area contributed by atoms with Gasteiger partial charge in [0.1, 0.15) is 6.23 Å². The van der Waals surface area contributed by atoms with Crippen LogP contribution in [0.1, 0.15) is 32.9 Å². The van der Waals surface area contributed by atoms with Gasteiger partial charge in [-0.05, 0) is 19.7 Å². The molecule has 3 aliphatic rings. The number of aryl methyl sites for hydroxylation is 1. The quantitative estimate of drug-likeness (QED) is 0.725. The summed E-state index contributed by atoms with van der Waals surface area (Å²) in [5.41, 5.74) is 0.672. The Bertz CT molecular complexity index is 906. The second-order valence-electron chi connectivity index (χ2n) is 6.51. The Kier molecular flexibility index (Phi) is 7.86. The molecule has 0 aromatic carbocycles. The fourth-order valence-electron chi connectivity index (χ4n) is 2.98. The molecule has 2 aliphatic carbocycles. The number of allylic oxidation sites excluding steroid dienone is 8. The predicted molar refractivity (Wildman–Crippen MR) is 104 cm³/mol. The first-order valence-electron chi connectivity index (χ1n) is 9.63. The minimum atomic E-state index is -0.774. The number of hydrogen-bond donors (Lipinski definition) is 2. The van der Waals surface area contributed by atoms with Crippen LogP contribution in [0.4, 0.5) is 0 Å². The minimum Gasteiger partial charge on any atom is -0.390 e. The number of aromatic amines is 1. The van der Waals surface area contributed by atoms with Gasteiger partial charge in [-0.3, -0.25) is 14.3 Å². The first-order chi connectivity index (χ1) is 13.6. The molecule has 1 fully saturated rings. The molecule has 6 nitrogen and oxygen atoms in total. The van der Waals surface area contributed by atoms with E-state index in [0.29, 0.717) is 18.4 Å². The van der Waals surface area contributed by atoms with Gasteiger partial charge in [-0.1, -0.05) is 48.1 Å². The van der Waals surface area contributed by atoms with E-state index in [0.717, 1.165) is 5.57 Å². The van der Waals surface area contributed by atoms with E-state index >= 15 is 0 Å². The third-order valence-corrected chi connectivity index (χ3v) is 4.53. The van der Waals surface area contributed by atoms with Crippen LogP contribution in [-0.4, -0.2) is 26.9 Å². The van der Waals surface area contributed by atoms with Crippen LogP contribution in [0.3, 0.4) is 0 Å². The zero-order chi connectivity index (χ0) is 19.9. The number of rotatable bonds is 4. The average Bonchev–Trinajstić information content (AvgIpc) is 3.45. The maximum absolute atomic E-state index is 12.0. The van der Waals surface area contributed by atoms with E-state index in [4.69, 9.17) is 6.11 Å². The fourth-order valence-corrected chi connectivity index (χ4v) is 2.98. The Hall–Kier alpha value is -1.92. The number of aromatic nitrogens is 2. The maximum atomic E-state index is 12.0. The van der Waals surface area contributed by atoms with E-state index in [2.05, 4.69) is 4.98 Å². The molecule has 2 N–H and O–H groups in total. The summed E-state index contributed by atoms with van der Waals surface area (Å²) in [6.07, 6.45) is 18.8. The van der Waals surface area contributed by atoms with Crippen LogP contribution in [-0.2, 0) is 28.2 Å². The molecule has 150 valence electrons. The number of ether oxygens (including phenoxy) is 1. The molecule has 7 heteroatoms. The van der Waals surface area contributed by atoms with Gasteiger partial charge in [0, 0.05) is 49.5 Å². The molecule has 1 unspecified atom stereocenters. The van der Waals surface area contributed by atoms with Crippen LogP contribution in [0, 0.1) is 12.8 Å². The molecule has 0 bridgehead atoms. The summed E-state index contributed by atoms with van der Waals surface area (Å²) in [5.74, 6) is 0. The van der Waals surface area contributed by atoms with Gasteiger partial charge in [-0.2, -0.15) is 0 Å². The first-order valence-corrected chi connectivity index (χ1v) is 8.93. The van der Waals surface area contributed by atoms with E-state index in [9.17, 15) is 14.7 Å². The number of aliphatic hydroxyl groups excluding tert-OH is 1. The van der Waals surface area contributed by atoms with Crippen LogP contribution in [0.5, 0.6) is 0 Å². The van der Waals surface area contributed by atoms with Crippen molar-refractivity contribution in [3.8, 4) is 0 Å². The van der Waals surface area contributed by atoms with Crippen molar-refractivity contribution < 1.29 is 28.3 Å². The maximum Gasteiger partial charge on any atom is 0.330 e. The monoisotopic (exact) mass is 425 g/mol. The van der Waals surface area contributed by atoms with E-state index in [1.807, 2.05) is 55.4 Å². The second-order valence-corrected chi connectivity index (χ2v) is 6.51. The van der Waals surface area contributed by atoms with Gasteiger partial charge in [-0.25, -0.2) is 4.79 Å². The van der Waals surface area contributed by atoms with Gasteiger partial charge >= 0.3 is 5.69 Å². The molecule has 2 heterocycles. The summed E-state index contributed by atoms with van der Waals surface area (Å²) in [7, 11) is 0. The van der Waals surface area contributed by atoms with Crippen molar-refractivity contribution in [3.05, 3.63) is 93.5 Å². The zero-order valence-electron chi connectivity index (χ0n) is 16.3. The standard InChI is InChI=1S/C16H19N2O4.C5H5.Fe/c1-10-13(19)8-14(22-10)18-9-12(15(20)17-16(18)21)7-6-11-4-2-3-5-11;1-2-4-5-3-1;/h2-5,9-10,13-14,19H,6-8H2,1H3,(H,17,20,21);1-5H;/t10-,13?,14-;;/m1../s1/i1D;;. The van der Waals surface area contributed by atoms with Gasteiger partial charge in [0.25, 0.3) is 5.56 Å². The number of nitrogens with zero attached hydrogens (tertiary/aromatic N) is 1. The summed E-state index contributed by atoms with van der Waals surface area (Å²) < 4.78 is 14.2. The summed E-state index contributed by atoms with van der Waals surface area (Å²) in [6.45, 7) is -0.0698. The van der Waals surface area contributed by atoms with E-state index in [1.165, 1.54) is 10.8 Å². The number of aliphatic hydroxyl groups is 1. The summed E-state index contributed by atoms with van der Waals surface area (Å²) in [4.78, 5) is 26.3. The van der Waals surface area contributed by atoms with E-state index in [-0.39, 0.29) is 30.4 Å². The van der Waals surface area contributed by atoms with Gasteiger partial charge in [0.05, 0.1) is 12.2 Å². The van der Waals surface area contributed by atoms with Crippen molar-refractivity contribution in [2.24, 2.45) is 0 Å². The minimum absolute atomic E-state index is 0. The number of H-pyrrole nitrogens is 1. The van der Waals surface area contributed by atoms with E-state index in [1.54, 1.807) is 0 Å². The van der Waals surface area contributed by atoms with Gasteiger partial charge < -0.3 is 9.84 Å². The van der Waals surface area contributed by atoms with Gasteiger partial charge in [-0.15, -0.1) is 0 Å². The summed E-state index contributed by atoms with van der Waals surface area (Å²) >= 11 is 0. The molecule has 4 rings (SSSR count). The van der Waals surface area contributed by atoms with Crippen LogP contribution < -0.4 is 11.2 Å². The topological polar surface area (TPSA) is 84.3 Å². The van der Waals surface area contributed by atoms with Crippen molar-refractivity contribution in [1.29, 1.82) is 0 Å². The molecular formula is C21H24FeN2O4. The Morgan fingerprint density at radius 2 is 2.00 bits per heavy atom. The van der Waals surface area contributed by atoms with Crippen molar-refractivity contribution in [2.75, 3.05) is 0 Å². The molecule has 0 amide bonds. The van der Waals surface area contributed by atoms with Crippen molar-refractivity contribution in [3.63, 3.8) is 0 Å². The van der Waals surface area contributed by atoms with Gasteiger partial charge in [0.2, 0.25) is 0 Å². The number of hydrogen-bond acceptors (Lipinski definition) is 4. The Morgan fingerprint density at radius 3 is 2.57 bits per heavy atom. The zero-order valence-corrected chi connectivity index (χ0v) is 16.4. The Balaban J connectivity index is 0.000000437. The van der Waals surface area contributed by atoms with Crippen molar-refractivity contribution in [1.82, 2.24) is 9.55 Å². The third kappa shape index (κ3) is 5.79. The average molecular weight is 425 g/mol. The van der Waals surface area contributed by atoms with Crippen molar-refractivity contribution in [2.45, 2.75) is 44.6 Å². The smallest absolute Gasteiger partial charge is 0.330 e. The normalized spacial score (nSPS) is 25.1. The first kappa shape index (κ1) is 20.8. The second kappa shape index (κ2) is 10.6. The van der Waals surface area contributed by atoms with E-state index < -0.39 is 29.7 Å². The van der Waals surface area contributed by atoms with Crippen LogP contribution >= 0.6 is 0 Å². The molecule has 0 spiro atoms. The van der Waals surface area contributed by atoms with Crippen LogP contribution in [0.2, 0.25) is 0 Å². The fraction of sp³-hybridized carbons (Fsp3) is 0.333. The Labute approximate surface area is 176 Å². The predicted octanol–water partition coefficient (Wildman–Crippen LogP) is 2.15. The molecule has 2 radical (unpaired) electrons. The SMILES string of the molecule is [2H]C[C@H]1O[C@@H](n2cc(CCC3=CC=C[CH]3)c(=O)[nH]c2=O)CC1O.[CH]1C=CC=C1.[Fe]. The molecular weight excluding hydrogens is 400 g/mol. The molecule has 1 aliphatic heterocycles. The molecule has 1 aromatic heterocycles. The number of nitrogens with one attached hydrogen (secondary N) is 1. The molecule has 1 saturated heterocycles.